The van der Waals surface area contributed by atoms with Crippen LogP contribution in [-0.4, -0.2) is 21.5 Å². The minimum Gasteiger partial charge on any atom is -0.465 e. The van der Waals surface area contributed by atoms with E-state index < -0.39 is 38.1 Å². The number of carbonyl (C=O) groups excluding carboxylic acids is 1. The zero-order valence-corrected chi connectivity index (χ0v) is 15.0. The van der Waals surface area contributed by atoms with E-state index in [1.54, 1.807) is 12.1 Å². The van der Waals surface area contributed by atoms with Gasteiger partial charge in [-0.15, -0.1) is 0 Å². The Hall–Kier alpha value is -2.52. The Morgan fingerprint density at radius 2 is 1.96 bits per heavy atom. The van der Waals surface area contributed by atoms with Crippen molar-refractivity contribution in [1.82, 2.24) is 0 Å². The number of methoxy groups -OCH3 is 1. The van der Waals surface area contributed by atoms with Gasteiger partial charge in [-0.2, -0.15) is 0 Å². The van der Waals surface area contributed by atoms with Gasteiger partial charge in [-0.05, 0) is 36.6 Å². The zero-order valence-electron chi connectivity index (χ0n) is 14.2. The minimum absolute atomic E-state index is 0.0522. The number of sulfonamides is 1. The van der Waals surface area contributed by atoms with Crippen molar-refractivity contribution in [2.45, 2.75) is 29.9 Å². The maximum absolute atomic E-state index is 13.9. The summed E-state index contributed by atoms with van der Waals surface area (Å²) in [4.78, 5) is 11.0. The van der Waals surface area contributed by atoms with Crippen molar-refractivity contribution in [1.29, 1.82) is 0 Å². The first-order chi connectivity index (χ1) is 12.8. The number of fused-ring (bicyclic) bond motifs is 5. The third kappa shape index (κ3) is 2.87. The average molecular weight is 395 g/mol. The third-order valence-corrected chi connectivity index (χ3v) is 6.13. The molecule has 0 saturated carbocycles. The Kier molecular flexibility index (Phi) is 4.15. The Bertz CT molecular complexity index is 1050. The molecule has 1 fully saturated rings. The second-order valence-electron chi connectivity index (χ2n) is 6.36. The third-order valence-electron chi connectivity index (χ3n) is 4.79. The van der Waals surface area contributed by atoms with Crippen LogP contribution in [0.15, 0.2) is 35.2 Å². The van der Waals surface area contributed by atoms with Crippen molar-refractivity contribution in [3.63, 3.8) is 0 Å². The van der Waals surface area contributed by atoms with Crippen LogP contribution in [0.5, 0.6) is 0 Å². The van der Waals surface area contributed by atoms with Gasteiger partial charge in [-0.3, -0.25) is 4.72 Å². The van der Waals surface area contributed by atoms with Crippen molar-refractivity contribution in [3.8, 4) is 0 Å². The van der Waals surface area contributed by atoms with Crippen LogP contribution in [0.3, 0.4) is 0 Å². The van der Waals surface area contributed by atoms with Crippen molar-refractivity contribution in [2.75, 3.05) is 11.8 Å². The van der Waals surface area contributed by atoms with E-state index in [0.717, 1.165) is 37.1 Å². The van der Waals surface area contributed by atoms with Gasteiger partial charge in [0.1, 0.15) is 0 Å². The van der Waals surface area contributed by atoms with Crippen LogP contribution in [0.1, 0.15) is 46.5 Å². The van der Waals surface area contributed by atoms with E-state index in [9.17, 15) is 22.0 Å². The second-order valence-corrected chi connectivity index (χ2v) is 8.05. The predicted molar refractivity (Wildman–Crippen MR) is 90.7 cm³/mol. The predicted octanol–water partition coefficient (Wildman–Crippen LogP) is 3.46. The highest BCUT2D eigenvalue weighted by atomic mass is 32.2. The van der Waals surface area contributed by atoms with Crippen molar-refractivity contribution < 1.29 is 31.5 Å². The van der Waals surface area contributed by atoms with Crippen LogP contribution < -0.4 is 4.72 Å². The van der Waals surface area contributed by atoms with Gasteiger partial charge in [-0.25, -0.2) is 22.0 Å². The molecule has 2 aromatic carbocycles. The highest BCUT2D eigenvalue weighted by Gasteiger charge is 2.40. The van der Waals surface area contributed by atoms with E-state index in [1.165, 1.54) is 0 Å². The van der Waals surface area contributed by atoms with Gasteiger partial charge in [0.25, 0.3) is 10.0 Å². The van der Waals surface area contributed by atoms with E-state index in [4.69, 9.17) is 4.74 Å². The molecule has 0 amide bonds. The van der Waals surface area contributed by atoms with Crippen molar-refractivity contribution in [2.24, 2.45) is 0 Å². The monoisotopic (exact) mass is 395 g/mol. The molecule has 1 N–H and O–H groups in total. The lowest BCUT2D eigenvalue weighted by atomic mass is 9.91. The van der Waals surface area contributed by atoms with Crippen LogP contribution in [0.25, 0.3) is 0 Å². The molecular weight excluding hydrogens is 380 g/mol. The van der Waals surface area contributed by atoms with Gasteiger partial charge in [0.2, 0.25) is 0 Å². The molecule has 9 heteroatoms. The number of nitrogens with one attached hydrogen (secondary N) is 1. The number of halogens is 2. The molecule has 0 aromatic heterocycles. The topological polar surface area (TPSA) is 81.7 Å². The number of rotatable bonds is 4. The van der Waals surface area contributed by atoms with Gasteiger partial charge in [0, 0.05) is 5.56 Å². The van der Waals surface area contributed by atoms with Crippen LogP contribution in [-0.2, 0) is 19.5 Å². The molecule has 6 nitrogen and oxygen atoms in total. The molecule has 2 aliphatic heterocycles. The quantitative estimate of drug-likeness (QED) is 0.802. The van der Waals surface area contributed by atoms with Crippen LogP contribution in [0, 0.1) is 11.6 Å². The fourth-order valence-corrected chi connectivity index (χ4v) is 4.69. The highest BCUT2D eigenvalue weighted by molar-refractivity contribution is 7.92. The lowest BCUT2D eigenvalue weighted by Crippen LogP contribution is -2.17. The normalized spacial score (nSPS) is 20.4. The first-order valence-corrected chi connectivity index (χ1v) is 9.68. The Labute approximate surface area is 154 Å². The summed E-state index contributed by atoms with van der Waals surface area (Å²) >= 11 is 0. The van der Waals surface area contributed by atoms with Crippen molar-refractivity contribution in [3.05, 3.63) is 58.7 Å². The number of hydrogen-bond donors (Lipinski definition) is 1. The van der Waals surface area contributed by atoms with Gasteiger partial charge < -0.3 is 9.47 Å². The van der Waals surface area contributed by atoms with Crippen LogP contribution >= 0.6 is 0 Å². The molecule has 1 saturated heterocycles. The molecule has 2 atom stereocenters. The van der Waals surface area contributed by atoms with E-state index in [2.05, 4.69) is 9.46 Å². The summed E-state index contributed by atoms with van der Waals surface area (Å²) in [6, 6.07) is 6.44. The van der Waals surface area contributed by atoms with Gasteiger partial charge >= 0.3 is 5.97 Å². The molecule has 0 aliphatic carbocycles. The highest BCUT2D eigenvalue weighted by Crippen LogP contribution is 2.53. The zero-order chi connectivity index (χ0) is 19.3. The largest absolute Gasteiger partial charge is 0.465 e. The molecule has 0 radical (unpaired) electrons. The fraction of sp³-hybridized carbons (Fsp3) is 0.278. The summed E-state index contributed by atoms with van der Waals surface area (Å²) in [6.45, 7) is 0. The second kappa shape index (κ2) is 6.28. The summed E-state index contributed by atoms with van der Waals surface area (Å²) in [6.07, 6.45) is 1.41. The summed E-state index contributed by atoms with van der Waals surface area (Å²) in [5.74, 6) is -4.10. The Morgan fingerprint density at radius 3 is 2.70 bits per heavy atom. The standard InChI is InChI=1S/C18H15F2NO5S/c1-25-18(22)11-7-9(8-12(19)17(11)20)27(23,24)21-13-4-2-3-10-14-5-6-15(26-14)16(10)13/h2-4,7-8,14-15,21H,5-6H2,1H3. The van der Waals surface area contributed by atoms with E-state index >= 15 is 0 Å². The van der Waals surface area contributed by atoms with E-state index in [1.807, 2.05) is 6.07 Å². The number of ether oxygens (including phenoxy) is 2. The van der Waals surface area contributed by atoms with Gasteiger partial charge in [0.15, 0.2) is 11.6 Å². The Morgan fingerprint density at radius 1 is 1.22 bits per heavy atom. The molecule has 2 bridgehead atoms. The molecule has 27 heavy (non-hydrogen) atoms. The lowest BCUT2D eigenvalue weighted by molar-refractivity contribution is 0.0593. The number of benzene rings is 2. The maximum Gasteiger partial charge on any atom is 0.341 e. The first-order valence-electron chi connectivity index (χ1n) is 8.20. The van der Waals surface area contributed by atoms with Gasteiger partial charge in [-0.1, -0.05) is 12.1 Å². The number of anilines is 1. The lowest BCUT2D eigenvalue weighted by Gasteiger charge is -2.17. The maximum atomic E-state index is 13.9. The van der Waals surface area contributed by atoms with Crippen molar-refractivity contribution >= 4 is 21.7 Å². The van der Waals surface area contributed by atoms with E-state index in [0.29, 0.717) is 11.8 Å². The molecule has 4 rings (SSSR count). The first kappa shape index (κ1) is 17.9. The molecule has 2 heterocycles. The molecule has 0 spiro atoms. The summed E-state index contributed by atoms with van der Waals surface area (Å²) in [5, 5.41) is 0. The SMILES string of the molecule is COC(=O)c1cc(S(=O)(=O)Nc2cccc3c2C2CCC3O2)cc(F)c1F. The molecule has 142 valence electrons. The molecular formula is C18H15F2NO5S. The number of carbonyl (C=O) groups is 1. The Balaban J connectivity index is 1.74. The number of esters is 1. The van der Waals surface area contributed by atoms with E-state index in [-0.39, 0.29) is 12.2 Å². The summed E-state index contributed by atoms with van der Waals surface area (Å²) in [7, 11) is -3.29. The molecule has 2 unspecified atom stereocenters. The summed E-state index contributed by atoms with van der Waals surface area (Å²) in [5.41, 5.74) is 1.21. The minimum atomic E-state index is -4.28. The van der Waals surface area contributed by atoms with Gasteiger partial charge in [0.05, 0.1) is 35.5 Å². The average Bonchev–Trinajstić information content (AvgIpc) is 3.25. The van der Waals surface area contributed by atoms with Crippen LogP contribution in [0.2, 0.25) is 0 Å². The molecule has 2 aromatic rings. The summed E-state index contributed by atoms with van der Waals surface area (Å²) < 4.78 is 65.7. The fourth-order valence-electron chi connectivity index (χ4n) is 3.57. The number of hydrogen-bond acceptors (Lipinski definition) is 5. The van der Waals surface area contributed by atoms with Crippen LogP contribution in [0.4, 0.5) is 14.5 Å². The smallest absolute Gasteiger partial charge is 0.341 e. The molecule has 2 aliphatic rings.